The average Bonchev–Trinajstić information content (AvgIpc) is 3.25. The first-order valence-electron chi connectivity index (χ1n) is 8.75. The summed E-state index contributed by atoms with van der Waals surface area (Å²) in [6.45, 7) is 4.06. The van der Waals surface area contributed by atoms with Crippen molar-refractivity contribution in [2.24, 2.45) is 7.05 Å². The van der Waals surface area contributed by atoms with E-state index in [2.05, 4.69) is 20.8 Å². The van der Waals surface area contributed by atoms with Crippen LogP contribution < -0.4 is 10.6 Å². The molecule has 0 saturated carbocycles. The largest absolute Gasteiger partial charge is 0.469 e. The minimum atomic E-state index is -0.662. The van der Waals surface area contributed by atoms with Crippen molar-refractivity contribution in [3.63, 3.8) is 0 Å². The zero-order valence-electron chi connectivity index (χ0n) is 15.8. The van der Waals surface area contributed by atoms with Crippen LogP contribution in [-0.4, -0.2) is 33.2 Å². The average molecular weight is 399 g/mol. The Morgan fingerprint density at radius 1 is 1.21 bits per heavy atom. The molecule has 3 amide bonds. The number of aromatic nitrogens is 3. The molecule has 0 fully saturated rings. The monoisotopic (exact) mass is 399 g/mol. The molecule has 1 aromatic carbocycles. The van der Waals surface area contributed by atoms with Crippen LogP contribution in [0.4, 0.5) is 4.79 Å². The van der Waals surface area contributed by atoms with E-state index in [1.54, 1.807) is 17.8 Å². The van der Waals surface area contributed by atoms with Crippen molar-refractivity contribution in [3.8, 4) is 11.4 Å². The van der Waals surface area contributed by atoms with E-state index in [1.165, 1.54) is 11.8 Å². The minimum absolute atomic E-state index is 0.425. The van der Waals surface area contributed by atoms with Crippen LogP contribution in [0.3, 0.4) is 0 Å². The SMILES string of the molecule is CCNC(=O)NC(=O)[C@@H](Sc1nnc(-c2ccoc2C)n1C)c1ccccc1. The zero-order chi connectivity index (χ0) is 20.1. The Kier molecular flexibility index (Phi) is 6.15. The second kappa shape index (κ2) is 8.75. The number of hydrogen-bond acceptors (Lipinski definition) is 6. The van der Waals surface area contributed by atoms with Gasteiger partial charge in [0.2, 0.25) is 5.91 Å². The summed E-state index contributed by atoms with van der Waals surface area (Å²) >= 11 is 1.23. The summed E-state index contributed by atoms with van der Waals surface area (Å²) in [7, 11) is 1.83. The molecule has 9 heteroatoms. The number of carbonyl (C=O) groups is 2. The first-order valence-corrected chi connectivity index (χ1v) is 9.63. The quantitative estimate of drug-likeness (QED) is 0.618. The van der Waals surface area contributed by atoms with Crippen molar-refractivity contribution in [2.45, 2.75) is 24.3 Å². The number of carbonyl (C=O) groups excluding carboxylic acids is 2. The van der Waals surface area contributed by atoms with Gasteiger partial charge in [0.1, 0.15) is 11.0 Å². The fourth-order valence-electron chi connectivity index (χ4n) is 2.66. The van der Waals surface area contributed by atoms with Gasteiger partial charge in [-0.1, -0.05) is 42.1 Å². The van der Waals surface area contributed by atoms with Crippen molar-refractivity contribution in [3.05, 3.63) is 54.0 Å². The molecule has 0 aliphatic carbocycles. The lowest BCUT2D eigenvalue weighted by Crippen LogP contribution is -2.41. The highest BCUT2D eigenvalue weighted by Crippen LogP contribution is 2.36. The molecule has 3 aromatic rings. The van der Waals surface area contributed by atoms with Crippen LogP contribution in [0.1, 0.15) is 23.5 Å². The standard InChI is InChI=1S/C19H21N5O3S/c1-4-20-18(26)21-17(25)15(13-8-6-5-7-9-13)28-19-23-22-16(24(19)3)14-10-11-27-12(14)2/h5-11,15H,4H2,1-3H3,(H2,20,21,25,26)/t15-/m0/s1. The van der Waals surface area contributed by atoms with Gasteiger partial charge in [-0.3, -0.25) is 10.1 Å². The van der Waals surface area contributed by atoms with Crippen molar-refractivity contribution >= 4 is 23.7 Å². The van der Waals surface area contributed by atoms with E-state index in [0.717, 1.165) is 16.9 Å². The van der Waals surface area contributed by atoms with E-state index in [9.17, 15) is 9.59 Å². The van der Waals surface area contributed by atoms with Crippen molar-refractivity contribution in [1.29, 1.82) is 0 Å². The number of furan rings is 1. The summed E-state index contributed by atoms with van der Waals surface area (Å²) in [6, 6.07) is 10.5. The number of hydrogen-bond donors (Lipinski definition) is 2. The maximum atomic E-state index is 12.8. The summed E-state index contributed by atoms with van der Waals surface area (Å²) in [4.78, 5) is 24.6. The van der Waals surface area contributed by atoms with Gasteiger partial charge in [-0.25, -0.2) is 4.79 Å². The number of aryl methyl sites for hydroxylation is 1. The Morgan fingerprint density at radius 2 is 1.96 bits per heavy atom. The van der Waals surface area contributed by atoms with Crippen LogP contribution in [0.15, 0.2) is 52.2 Å². The van der Waals surface area contributed by atoms with Crippen molar-refractivity contribution < 1.29 is 14.0 Å². The van der Waals surface area contributed by atoms with Crippen LogP contribution in [-0.2, 0) is 11.8 Å². The topological polar surface area (TPSA) is 102 Å². The third-order valence-electron chi connectivity index (χ3n) is 4.07. The summed E-state index contributed by atoms with van der Waals surface area (Å²) in [5, 5.41) is 13.3. The molecule has 1 atom stereocenters. The molecule has 0 aliphatic rings. The molecule has 0 unspecified atom stereocenters. The van der Waals surface area contributed by atoms with Gasteiger partial charge in [0.05, 0.1) is 11.8 Å². The molecule has 146 valence electrons. The maximum Gasteiger partial charge on any atom is 0.321 e. The number of amides is 3. The van der Waals surface area contributed by atoms with Gasteiger partial charge in [-0.05, 0) is 25.5 Å². The number of urea groups is 1. The molecule has 0 spiro atoms. The van der Waals surface area contributed by atoms with Gasteiger partial charge < -0.3 is 14.3 Å². The highest BCUT2D eigenvalue weighted by Gasteiger charge is 2.26. The summed E-state index contributed by atoms with van der Waals surface area (Å²) in [5.41, 5.74) is 1.60. The number of thioether (sulfide) groups is 1. The van der Waals surface area contributed by atoms with Gasteiger partial charge in [0.15, 0.2) is 11.0 Å². The van der Waals surface area contributed by atoms with Crippen LogP contribution >= 0.6 is 11.8 Å². The van der Waals surface area contributed by atoms with Gasteiger partial charge in [-0.2, -0.15) is 0 Å². The molecule has 0 aliphatic heterocycles. The first kappa shape index (κ1) is 19.7. The molecule has 8 nitrogen and oxygen atoms in total. The van der Waals surface area contributed by atoms with Crippen LogP contribution in [0.25, 0.3) is 11.4 Å². The third-order valence-corrected chi connectivity index (χ3v) is 5.36. The molecule has 0 bridgehead atoms. The van der Waals surface area contributed by atoms with Crippen molar-refractivity contribution in [1.82, 2.24) is 25.4 Å². The highest BCUT2D eigenvalue weighted by atomic mass is 32.2. The third kappa shape index (κ3) is 4.25. The predicted molar refractivity (Wildman–Crippen MR) is 106 cm³/mol. The Hall–Kier alpha value is -3.07. The normalized spacial score (nSPS) is 11.8. The summed E-state index contributed by atoms with van der Waals surface area (Å²) in [5.74, 6) is 0.955. The number of rotatable bonds is 6. The molecular weight excluding hydrogens is 378 g/mol. The predicted octanol–water partition coefficient (Wildman–Crippen LogP) is 3.06. The first-order chi connectivity index (χ1) is 13.5. The number of imide groups is 1. The summed E-state index contributed by atoms with van der Waals surface area (Å²) < 4.78 is 7.15. The van der Waals surface area contributed by atoms with Crippen LogP contribution in [0.5, 0.6) is 0 Å². The maximum absolute atomic E-state index is 12.8. The van der Waals surface area contributed by atoms with E-state index in [1.807, 2.05) is 50.4 Å². The van der Waals surface area contributed by atoms with E-state index < -0.39 is 17.2 Å². The van der Waals surface area contributed by atoms with Gasteiger partial charge in [0, 0.05) is 13.6 Å². The molecule has 3 rings (SSSR count). The second-order valence-electron chi connectivity index (χ2n) is 6.01. The Balaban J connectivity index is 1.88. The van der Waals surface area contributed by atoms with Gasteiger partial charge >= 0.3 is 6.03 Å². The number of benzene rings is 1. The van der Waals surface area contributed by atoms with E-state index >= 15 is 0 Å². The van der Waals surface area contributed by atoms with Crippen LogP contribution in [0.2, 0.25) is 0 Å². The lowest BCUT2D eigenvalue weighted by molar-refractivity contribution is -0.119. The smallest absolute Gasteiger partial charge is 0.321 e. The minimum Gasteiger partial charge on any atom is -0.469 e. The van der Waals surface area contributed by atoms with E-state index in [4.69, 9.17) is 4.42 Å². The molecule has 28 heavy (non-hydrogen) atoms. The molecular formula is C19H21N5O3S. The van der Waals surface area contributed by atoms with Crippen molar-refractivity contribution in [2.75, 3.05) is 6.54 Å². The molecule has 0 saturated heterocycles. The second-order valence-corrected chi connectivity index (χ2v) is 7.09. The lowest BCUT2D eigenvalue weighted by atomic mass is 10.1. The summed E-state index contributed by atoms with van der Waals surface area (Å²) in [6.07, 6.45) is 1.60. The molecule has 2 heterocycles. The highest BCUT2D eigenvalue weighted by molar-refractivity contribution is 8.00. The number of nitrogens with one attached hydrogen (secondary N) is 2. The van der Waals surface area contributed by atoms with Gasteiger partial charge in [-0.15, -0.1) is 10.2 Å². The van der Waals surface area contributed by atoms with E-state index in [-0.39, 0.29) is 0 Å². The van der Waals surface area contributed by atoms with Gasteiger partial charge in [0.25, 0.3) is 0 Å². The molecule has 2 N–H and O–H groups in total. The Morgan fingerprint density at radius 3 is 2.61 bits per heavy atom. The number of nitrogens with zero attached hydrogens (tertiary/aromatic N) is 3. The Bertz CT molecular complexity index is 967. The molecule has 2 aromatic heterocycles. The fourth-order valence-corrected chi connectivity index (χ4v) is 3.66. The lowest BCUT2D eigenvalue weighted by Gasteiger charge is -2.16. The fraction of sp³-hybridized carbons (Fsp3) is 0.263. The Labute approximate surface area is 166 Å². The van der Waals surface area contributed by atoms with E-state index in [0.29, 0.717) is 17.5 Å². The van der Waals surface area contributed by atoms with Crippen LogP contribution in [0, 0.1) is 6.92 Å². The zero-order valence-corrected chi connectivity index (χ0v) is 16.6. The molecule has 0 radical (unpaired) electrons.